The third-order valence-electron chi connectivity index (χ3n) is 5.42. The minimum Gasteiger partial charge on any atom is -0.481 e. The first-order valence-electron chi connectivity index (χ1n) is 10.1. The van der Waals surface area contributed by atoms with E-state index >= 15 is 0 Å². The molecular weight excluding hydrogens is 483 g/mol. The van der Waals surface area contributed by atoms with Crippen LogP contribution >= 0.6 is 39.0 Å². The van der Waals surface area contributed by atoms with Crippen LogP contribution in [0.25, 0.3) is 0 Å². The highest BCUT2D eigenvalue weighted by Crippen LogP contribution is 2.42. The van der Waals surface area contributed by atoms with E-state index in [9.17, 15) is 14.7 Å². The van der Waals surface area contributed by atoms with E-state index in [1.807, 2.05) is 18.2 Å². The first-order chi connectivity index (χ1) is 14.3. The lowest BCUT2D eigenvalue weighted by Crippen LogP contribution is -2.18. The van der Waals surface area contributed by atoms with Gasteiger partial charge in [-0.15, -0.1) is 23.1 Å². The molecule has 0 aromatic carbocycles. The molecule has 2 radical (unpaired) electrons. The van der Waals surface area contributed by atoms with Gasteiger partial charge in [0.2, 0.25) is 0 Å². The maximum atomic E-state index is 12.4. The molecule has 0 bridgehead atoms. The summed E-state index contributed by atoms with van der Waals surface area (Å²) in [5.74, 6) is 0.256. The summed E-state index contributed by atoms with van der Waals surface area (Å²) in [6.07, 6.45) is 10.1. The number of carboxylic acid groups (broad SMARTS) is 1. The SMILES string of the molecule is [B]C[C@@H]1CC(O)[C@H](C/C=C\CSCC(=O)O)[C@H]1/C=C/C(=O)CCc1cc(Br)c(C)s1. The molecule has 2 rings (SSSR count). The Morgan fingerprint density at radius 3 is 2.80 bits per heavy atom. The van der Waals surface area contributed by atoms with Crippen LogP contribution in [0.4, 0.5) is 0 Å². The molecule has 1 aromatic heterocycles. The van der Waals surface area contributed by atoms with Crippen LogP contribution in [0.2, 0.25) is 6.32 Å². The van der Waals surface area contributed by atoms with Crippen molar-refractivity contribution < 1.29 is 19.8 Å². The maximum absolute atomic E-state index is 12.4. The first-order valence-corrected chi connectivity index (χ1v) is 12.9. The molecule has 2 N–H and O–H groups in total. The summed E-state index contributed by atoms with van der Waals surface area (Å²) >= 11 is 6.56. The van der Waals surface area contributed by atoms with Gasteiger partial charge in [-0.3, -0.25) is 9.59 Å². The number of aliphatic hydroxyl groups is 1. The van der Waals surface area contributed by atoms with E-state index in [1.54, 1.807) is 17.4 Å². The Hall–Kier alpha value is -0.825. The lowest BCUT2D eigenvalue weighted by molar-refractivity contribution is -0.133. The lowest BCUT2D eigenvalue weighted by atomic mass is 9.80. The van der Waals surface area contributed by atoms with Crippen LogP contribution in [0.5, 0.6) is 0 Å². The summed E-state index contributed by atoms with van der Waals surface area (Å²) in [7, 11) is 5.92. The Bertz CT molecular complexity index is 758. The van der Waals surface area contributed by atoms with Crippen molar-refractivity contribution in [2.24, 2.45) is 17.8 Å². The monoisotopic (exact) mass is 510 g/mol. The molecule has 4 atom stereocenters. The molecule has 0 aliphatic heterocycles. The van der Waals surface area contributed by atoms with Gasteiger partial charge in [-0.05, 0) is 72.0 Å². The molecule has 8 heteroatoms. The van der Waals surface area contributed by atoms with Crippen LogP contribution in [-0.4, -0.2) is 47.4 Å². The van der Waals surface area contributed by atoms with Crippen LogP contribution in [0.3, 0.4) is 0 Å². The summed E-state index contributed by atoms with van der Waals surface area (Å²) in [5, 5.41) is 19.1. The zero-order chi connectivity index (χ0) is 22.1. The zero-order valence-electron chi connectivity index (χ0n) is 17.1. The standard InChI is InChI=1S/C22H28BBrO4S2/c1-14-20(24)11-17(30-14)7-5-16(25)6-8-18-15(12-23)10-21(26)19(18)4-2-3-9-29-13-22(27)28/h2-3,6,8,11,15,18-19,21,26H,4-5,7,9-10,12-13H2,1H3,(H,27,28)/b3-2-,8-6+/t15-,18-,19+,21?/m0/s1. The smallest absolute Gasteiger partial charge is 0.313 e. The molecule has 30 heavy (non-hydrogen) atoms. The number of aryl methyl sites for hydroxylation is 2. The second-order valence-corrected chi connectivity index (χ2v) is 10.8. The van der Waals surface area contributed by atoms with E-state index in [0.717, 1.165) is 10.9 Å². The van der Waals surface area contributed by atoms with Crippen LogP contribution in [0.1, 0.15) is 29.0 Å². The minimum absolute atomic E-state index is 0.0271. The number of hydrogen-bond acceptors (Lipinski definition) is 5. The highest BCUT2D eigenvalue weighted by Gasteiger charge is 2.39. The maximum Gasteiger partial charge on any atom is 0.313 e. The number of allylic oxidation sites excluding steroid dienone is 3. The number of carboxylic acids is 1. The fourth-order valence-electron chi connectivity index (χ4n) is 3.84. The summed E-state index contributed by atoms with van der Waals surface area (Å²) < 4.78 is 1.09. The van der Waals surface area contributed by atoms with Crippen molar-refractivity contribution in [3.8, 4) is 0 Å². The molecule has 1 heterocycles. The van der Waals surface area contributed by atoms with Gasteiger partial charge in [0.05, 0.1) is 19.7 Å². The van der Waals surface area contributed by atoms with Gasteiger partial charge in [-0.1, -0.05) is 24.5 Å². The number of carbonyl (C=O) groups excluding carboxylic acids is 1. The average Bonchev–Trinajstić information content (AvgIpc) is 3.19. The number of thioether (sulfide) groups is 1. The molecule has 1 aromatic rings. The molecule has 1 aliphatic carbocycles. The van der Waals surface area contributed by atoms with Gasteiger partial charge in [0.25, 0.3) is 0 Å². The number of aliphatic hydroxyl groups excluding tert-OH is 1. The normalized spacial score (nSPS) is 24.2. The van der Waals surface area contributed by atoms with E-state index < -0.39 is 12.1 Å². The second-order valence-electron chi connectivity index (χ2n) is 7.60. The van der Waals surface area contributed by atoms with Gasteiger partial charge >= 0.3 is 5.97 Å². The van der Waals surface area contributed by atoms with Gasteiger partial charge in [0, 0.05) is 26.4 Å². The van der Waals surface area contributed by atoms with Crippen LogP contribution < -0.4 is 0 Å². The topological polar surface area (TPSA) is 74.6 Å². The van der Waals surface area contributed by atoms with Crippen LogP contribution in [-0.2, 0) is 16.0 Å². The third kappa shape index (κ3) is 8.02. The van der Waals surface area contributed by atoms with Gasteiger partial charge in [-0.2, -0.15) is 0 Å². The number of aliphatic carboxylic acids is 1. The van der Waals surface area contributed by atoms with E-state index in [4.69, 9.17) is 13.0 Å². The molecule has 0 amide bonds. The Kier molecular flexibility index (Phi) is 10.9. The number of hydrogen-bond donors (Lipinski definition) is 2. The second kappa shape index (κ2) is 12.9. The highest BCUT2D eigenvalue weighted by molar-refractivity contribution is 9.10. The fourth-order valence-corrected chi connectivity index (χ4v) is 6.01. The Labute approximate surface area is 196 Å². The fraction of sp³-hybridized carbons (Fsp3) is 0.545. The molecule has 0 saturated heterocycles. The predicted molar refractivity (Wildman–Crippen MR) is 130 cm³/mol. The molecule has 1 fully saturated rings. The molecule has 4 nitrogen and oxygen atoms in total. The summed E-state index contributed by atoms with van der Waals surface area (Å²) in [4.78, 5) is 25.3. The Morgan fingerprint density at radius 1 is 1.40 bits per heavy atom. The molecular formula is C22H28BBrO4S2. The van der Waals surface area contributed by atoms with Gasteiger partial charge in [-0.25, -0.2) is 0 Å². The number of ketones is 1. The van der Waals surface area contributed by atoms with E-state index in [1.165, 1.54) is 21.5 Å². The number of rotatable bonds is 12. The van der Waals surface area contributed by atoms with Gasteiger partial charge < -0.3 is 10.2 Å². The van der Waals surface area contributed by atoms with Crippen molar-refractivity contribution in [3.63, 3.8) is 0 Å². The zero-order valence-corrected chi connectivity index (χ0v) is 20.3. The van der Waals surface area contributed by atoms with Crippen molar-refractivity contribution in [2.75, 3.05) is 11.5 Å². The number of thiophene rings is 1. The van der Waals surface area contributed by atoms with E-state index in [2.05, 4.69) is 28.9 Å². The first kappa shape index (κ1) is 25.4. The van der Waals surface area contributed by atoms with E-state index in [0.29, 0.717) is 31.3 Å². The van der Waals surface area contributed by atoms with Crippen molar-refractivity contribution in [3.05, 3.63) is 44.6 Å². The third-order valence-corrected chi connectivity index (χ3v) is 8.50. The minimum atomic E-state index is -0.817. The van der Waals surface area contributed by atoms with Crippen molar-refractivity contribution in [1.82, 2.24) is 0 Å². The average molecular weight is 511 g/mol. The van der Waals surface area contributed by atoms with Crippen molar-refractivity contribution in [1.29, 1.82) is 0 Å². The van der Waals surface area contributed by atoms with Crippen LogP contribution in [0, 0.1) is 24.7 Å². The largest absolute Gasteiger partial charge is 0.481 e. The highest BCUT2D eigenvalue weighted by atomic mass is 79.9. The molecule has 162 valence electrons. The Balaban J connectivity index is 1.89. The lowest BCUT2D eigenvalue weighted by Gasteiger charge is -2.21. The summed E-state index contributed by atoms with van der Waals surface area (Å²) in [5.41, 5.74) is 0. The molecule has 1 saturated carbocycles. The van der Waals surface area contributed by atoms with Crippen molar-refractivity contribution in [2.45, 2.75) is 45.0 Å². The predicted octanol–water partition coefficient (Wildman–Crippen LogP) is 4.84. The Morgan fingerprint density at radius 2 is 2.17 bits per heavy atom. The number of carbonyl (C=O) groups is 2. The molecule has 1 unspecified atom stereocenters. The summed E-state index contributed by atoms with van der Waals surface area (Å²) in [6.45, 7) is 2.05. The van der Waals surface area contributed by atoms with Crippen molar-refractivity contribution >= 4 is 58.6 Å². The molecule has 1 aliphatic rings. The number of halogens is 1. The van der Waals surface area contributed by atoms with Crippen LogP contribution in [0.15, 0.2) is 34.8 Å². The van der Waals surface area contributed by atoms with E-state index in [-0.39, 0.29) is 29.3 Å². The van der Waals surface area contributed by atoms with Gasteiger partial charge in [0.15, 0.2) is 5.78 Å². The quantitative estimate of drug-likeness (QED) is 0.182. The summed E-state index contributed by atoms with van der Waals surface area (Å²) in [6, 6.07) is 2.08. The molecule has 0 spiro atoms. The van der Waals surface area contributed by atoms with Gasteiger partial charge in [0.1, 0.15) is 0 Å².